The van der Waals surface area contributed by atoms with E-state index in [9.17, 15) is 5.11 Å². The molecule has 0 saturated heterocycles. The molecule has 0 aromatic rings. The molecule has 100 valence electrons. The van der Waals surface area contributed by atoms with Crippen LogP contribution in [-0.4, -0.2) is 48.7 Å². The third-order valence-corrected chi connectivity index (χ3v) is 2.57. The van der Waals surface area contributed by atoms with Crippen molar-refractivity contribution in [2.75, 3.05) is 26.0 Å². The summed E-state index contributed by atoms with van der Waals surface area (Å²) in [7, 11) is 1.63. The largest absolute Gasteiger partial charge is 1.00 e. The van der Waals surface area contributed by atoms with Gasteiger partial charge in [0.25, 0.3) is 0 Å². The van der Waals surface area contributed by atoms with Gasteiger partial charge in [0, 0.05) is 19.4 Å². The van der Waals surface area contributed by atoms with Gasteiger partial charge in [0.1, 0.15) is 0 Å². The van der Waals surface area contributed by atoms with Crippen LogP contribution in [0.15, 0.2) is 0 Å². The van der Waals surface area contributed by atoms with Gasteiger partial charge in [0.05, 0.1) is 6.10 Å². The summed E-state index contributed by atoms with van der Waals surface area (Å²) >= 11 is 4.12. The number of hydrogen-bond acceptors (Lipinski definition) is 5. The maximum absolute atomic E-state index is 9.65. The predicted molar refractivity (Wildman–Crippen MR) is 69.2 cm³/mol. The first-order valence-corrected chi connectivity index (χ1v) is 6.16. The second kappa shape index (κ2) is 16.1. The molecule has 6 heteroatoms. The van der Waals surface area contributed by atoms with Crippen LogP contribution in [0.25, 0.3) is 0 Å². The Labute approximate surface area is 160 Å². The molecule has 2 unspecified atom stereocenters. The van der Waals surface area contributed by atoms with Crippen LogP contribution in [0.1, 0.15) is 20.3 Å². The van der Waals surface area contributed by atoms with Crippen LogP contribution in [0, 0.1) is 12.3 Å². The summed E-state index contributed by atoms with van der Waals surface area (Å²) in [6, 6.07) is 0. The number of thiol groups is 1. The van der Waals surface area contributed by atoms with Crippen LogP contribution in [-0.2, 0) is 4.74 Å². The summed E-state index contributed by atoms with van der Waals surface area (Å²) in [5.74, 6) is 1.23. The molecule has 17 heavy (non-hydrogen) atoms. The van der Waals surface area contributed by atoms with Crippen molar-refractivity contribution in [3.8, 4) is 0 Å². The molecule has 0 aromatic carbocycles. The molecule has 0 rings (SSSR count). The maximum Gasteiger partial charge on any atom is 1.00 e. The van der Waals surface area contributed by atoms with Gasteiger partial charge in [-0.3, -0.25) is 6.42 Å². The van der Waals surface area contributed by atoms with Crippen molar-refractivity contribution in [1.82, 2.24) is 5.32 Å². The molecule has 0 aromatic heterocycles. The second-order valence-corrected chi connectivity index (χ2v) is 4.22. The molecule has 0 heterocycles. The summed E-state index contributed by atoms with van der Waals surface area (Å²) < 4.78 is 5.23. The summed E-state index contributed by atoms with van der Waals surface area (Å²) in [4.78, 5) is 0. The van der Waals surface area contributed by atoms with Crippen LogP contribution in [0.4, 0.5) is 0 Å². The number of ether oxygens (including phenoxy) is 1. The number of methoxy groups -OCH3 is 1. The van der Waals surface area contributed by atoms with Crippen molar-refractivity contribution >= 4 is 12.6 Å². The fourth-order valence-electron chi connectivity index (χ4n) is 1.40. The first-order chi connectivity index (χ1) is 7.15. The van der Waals surface area contributed by atoms with Crippen molar-refractivity contribution < 1.29 is 73.5 Å². The number of rotatable bonds is 9. The van der Waals surface area contributed by atoms with Gasteiger partial charge >= 0.3 is 58.2 Å². The molecule has 0 aliphatic rings. The molecule has 3 N–H and O–H groups in total. The van der Waals surface area contributed by atoms with Crippen molar-refractivity contribution in [1.29, 1.82) is 0 Å². The Bertz CT molecular complexity index is 155. The zero-order valence-corrected chi connectivity index (χ0v) is 17.2. The topological polar surface area (TPSA) is 71.5 Å². The van der Waals surface area contributed by atoms with Crippen molar-refractivity contribution in [3.05, 3.63) is 6.42 Å². The number of aliphatic hydroxyl groups is 1. The zero-order chi connectivity index (χ0) is 11.7. The Morgan fingerprint density at radius 2 is 2.06 bits per heavy atom. The van der Waals surface area contributed by atoms with Gasteiger partial charge in [0.2, 0.25) is 0 Å². The van der Waals surface area contributed by atoms with E-state index in [2.05, 4.69) is 31.3 Å². The SMILES string of the molecule is CCC(O)[C@H]([CH-]C(C)CNCCS)OC.[OH-].[Rb+]. The smallest absolute Gasteiger partial charge is 0.870 e. The van der Waals surface area contributed by atoms with Gasteiger partial charge in [-0.05, 0) is 19.1 Å². The molecule has 4 nitrogen and oxygen atoms in total. The van der Waals surface area contributed by atoms with E-state index in [-0.39, 0.29) is 69.8 Å². The monoisotopic (exact) mass is 336 g/mol. The van der Waals surface area contributed by atoms with Crippen molar-refractivity contribution in [2.45, 2.75) is 32.5 Å². The molecule has 0 saturated carbocycles. The van der Waals surface area contributed by atoms with Crippen LogP contribution < -0.4 is 63.5 Å². The predicted octanol–water partition coefficient (Wildman–Crippen LogP) is -2.04. The fourth-order valence-corrected chi connectivity index (χ4v) is 1.55. The van der Waals surface area contributed by atoms with E-state index >= 15 is 0 Å². The maximum atomic E-state index is 9.65. The van der Waals surface area contributed by atoms with Gasteiger partial charge in [-0.1, -0.05) is 13.8 Å². The number of nitrogens with one attached hydrogen (secondary N) is 1. The molecule has 0 amide bonds. The van der Waals surface area contributed by atoms with Gasteiger partial charge < -0.3 is 20.6 Å². The molecule has 3 atom stereocenters. The Hall–Kier alpha value is 2.00. The summed E-state index contributed by atoms with van der Waals surface area (Å²) in [6.07, 6.45) is 2.20. The molecule has 0 bridgehead atoms. The average molecular weight is 337 g/mol. The van der Waals surface area contributed by atoms with Crippen LogP contribution >= 0.6 is 12.6 Å². The molecule has 0 aliphatic carbocycles. The Morgan fingerprint density at radius 1 is 1.47 bits per heavy atom. The van der Waals surface area contributed by atoms with Gasteiger partial charge in [-0.25, -0.2) is 0 Å². The molecule has 0 aliphatic heterocycles. The Kier molecular flexibility index (Phi) is 22.7. The minimum Gasteiger partial charge on any atom is -0.870 e. The van der Waals surface area contributed by atoms with E-state index in [0.717, 1.165) is 18.8 Å². The molecule has 0 radical (unpaired) electrons. The second-order valence-electron chi connectivity index (χ2n) is 3.77. The fraction of sp³-hybridized carbons (Fsp3) is 0.909. The van der Waals surface area contributed by atoms with E-state index < -0.39 is 6.10 Å². The Balaban J connectivity index is -0.000000980. The van der Waals surface area contributed by atoms with Gasteiger partial charge in [-0.2, -0.15) is 18.5 Å². The van der Waals surface area contributed by atoms with E-state index in [4.69, 9.17) is 4.74 Å². The van der Waals surface area contributed by atoms with Crippen molar-refractivity contribution in [2.24, 2.45) is 5.92 Å². The molecular weight excluding hydrogens is 312 g/mol. The van der Waals surface area contributed by atoms with Crippen molar-refractivity contribution in [3.63, 3.8) is 0 Å². The third-order valence-electron chi connectivity index (χ3n) is 2.34. The van der Waals surface area contributed by atoms with E-state index in [1.807, 2.05) is 6.92 Å². The number of hydrogen-bond donors (Lipinski definition) is 3. The quantitative estimate of drug-likeness (QED) is 0.258. The molecule has 0 fully saturated rings. The van der Waals surface area contributed by atoms with E-state index in [1.54, 1.807) is 7.11 Å². The van der Waals surface area contributed by atoms with Gasteiger partial charge in [0.15, 0.2) is 0 Å². The average Bonchev–Trinajstić information content (AvgIpc) is 2.25. The minimum atomic E-state index is -0.401. The minimum absolute atomic E-state index is 0. The van der Waals surface area contributed by atoms with E-state index in [1.165, 1.54) is 0 Å². The van der Waals surface area contributed by atoms with E-state index in [0.29, 0.717) is 12.3 Å². The summed E-state index contributed by atoms with van der Waals surface area (Å²) in [5, 5.41) is 12.9. The van der Waals surface area contributed by atoms with Crippen LogP contribution in [0.5, 0.6) is 0 Å². The third kappa shape index (κ3) is 12.8. The first-order valence-electron chi connectivity index (χ1n) is 5.53. The zero-order valence-electron chi connectivity index (χ0n) is 11.4. The molecular formula is C11H25NO3RbS-. The van der Waals surface area contributed by atoms with Gasteiger partial charge in [-0.15, -0.1) is 0 Å². The normalized spacial score (nSPS) is 15.4. The standard InChI is InChI=1S/C11H24NO2S.H2O.Rb/c1-4-10(13)11(14-3)7-9(2)8-12-5-6-15;;/h7,9-13,15H,4-6,8H2,1-3H3;1H2;/q-1;;+1/p-1/t9?,10?,11-;;/m0../s1. The number of aliphatic hydroxyl groups excluding tert-OH is 1. The van der Waals surface area contributed by atoms with Crippen LogP contribution in [0.2, 0.25) is 0 Å². The molecule has 0 spiro atoms. The van der Waals surface area contributed by atoms with Crippen LogP contribution in [0.3, 0.4) is 0 Å². The summed E-state index contributed by atoms with van der Waals surface area (Å²) in [6.45, 7) is 5.88. The summed E-state index contributed by atoms with van der Waals surface area (Å²) in [5.41, 5.74) is 0. The first kappa shape index (κ1) is 24.0. The Morgan fingerprint density at radius 3 is 2.47 bits per heavy atom.